The van der Waals surface area contributed by atoms with Crippen molar-refractivity contribution in [2.45, 2.75) is 13.0 Å². The molecule has 31 heavy (non-hydrogen) atoms. The van der Waals surface area contributed by atoms with E-state index in [0.717, 1.165) is 0 Å². The zero-order valence-electron chi connectivity index (χ0n) is 16.4. The third kappa shape index (κ3) is 6.92. The molecular formula is C21H18Cl2FN3O3S. The molecule has 0 unspecified atom stereocenters. The van der Waals surface area contributed by atoms with Gasteiger partial charge in [0.25, 0.3) is 0 Å². The van der Waals surface area contributed by atoms with Crippen molar-refractivity contribution in [3.05, 3.63) is 74.4 Å². The molecule has 0 saturated carbocycles. The predicted molar refractivity (Wildman–Crippen MR) is 119 cm³/mol. The van der Waals surface area contributed by atoms with Gasteiger partial charge in [-0.05, 0) is 42.5 Å². The summed E-state index contributed by atoms with van der Waals surface area (Å²) < 4.78 is 18.5. The van der Waals surface area contributed by atoms with E-state index in [2.05, 4.69) is 10.3 Å². The van der Waals surface area contributed by atoms with E-state index >= 15 is 0 Å². The van der Waals surface area contributed by atoms with Gasteiger partial charge in [-0.25, -0.2) is 9.37 Å². The van der Waals surface area contributed by atoms with Gasteiger partial charge in [-0.3, -0.25) is 9.59 Å². The van der Waals surface area contributed by atoms with Gasteiger partial charge >= 0.3 is 0 Å². The van der Waals surface area contributed by atoms with Gasteiger partial charge in [-0.15, -0.1) is 11.3 Å². The van der Waals surface area contributed by atoms with Gasteiger partial charge in [-0.2, -0.15) is 0 Å². The zero-order chi connectivity index (χ0) is 22.4. The molecule has 1 aromatic heterocycles. The molecule has 2 amide bonds. The molecule has 0 fully saturated rings. The quantitative estimate of drug-likeness (QED) is 0.501. The van der Waals surface area contributed by atoms with Crippen molar-refractivity contribution in [3.8, 4) is 5.75 Å². The summed E-state index contributed by atoms with van der Waals surface area (Å²) in [5.41, 5.74) is 1.08. The average molecular weight is 482 g/mol. The van der Waals surface area contributed by atoms with Crippen molar-refractivity contribution in [1.82, 2.24) is 9.88 Å². The van der Waals surface area contributed by atoms with Gasteiger partial charge in [-0.1, -0.05) is 23.2 Å². The van der Waals surface area contributed by atoms with Crippen molar-refractivity contribution in [1.29, 1.82) is 0 Å². The van der Waals surface area contributed by atoms with Crippen LogP contribution in [0, 0.1) is 5.82 Å². The van der Waals surface area contributed by atoms with Crippen molar-refractivity contribution in [2.75, 3.05) is 18.9 Å². The Labute approximate surface area is 192 Å². The number of hydrogen-bond acceptors (Lipinski definition) is 5. The third-order valence-corrected chi connectivity index (χ3v) is 5.73. The number of carbonyl (C=O) groups is 2. The number of carbonyl (C=O) groups excluding carboxylic acids is 2. The molecule has 0 bridgehead atoms. The molecule has 0 aliphatic carbocycles. The van der Waals surface area contributed by atoms with Crippen LogP contribution in [0.4, 0.5) is 10.1 Å². The highest BCUT2D eigenvalue weighted by Crippen LogP contribution is 2.25. The Kier molecular flexibility index (Phi) is 7.84. The highest BCUT2D eigenvalue weighted by molar-refractivity contribution is 7.09. The Morgan fingerprint density at radius 3 is 2.61 bits per heavy atom. The van der Waals surface area contributed by atoms with E-state index in [1.165, 1.54) is 46.6 Å². The average Bonchev–Trinajstić information content (AvgIpc) is 3.17. The molecule has 0 saturated heterocycles. The van der Waals surface area contributed by atoms with Crippen molar-refractivity contribution in [2.24, 2.45) is 0 Å². The summed E-state index contributed by atoms with van der Waals surface area (Å²) in [6, 6.07) is 10.4. The second kappa shape index (κ2) is 10.6. The Hall–Kier alpha value is -2.68. The van der Waals surface area contributed by atoms with Gasteiger partial charge < -0.3 is 15.0 Å². The molecule has 2 aromatic carbocycles. The lowest BCUT2D eigenvalue weighted by Gasteiger charge is -2.16. The fourth-order valence-electron chi connectivity index (χ4n) is 2.54. The molecule has 3 rings (SSSR count). The predicted octanol–water partition coefficient (Wildman–Crippen LogP) is 4.81. The molecule has 0 radical (unpaired) electrons. The van der Waals surface area contributed by atoms with Gasteiger partial charge in [0, 0.05) is 18.1 Å². The minimum absolute atomic E-state index is 0.0591. The lowest BCUT2D eigenvalue weighted by molar-refractivity contribution is -0.132. The molecular weight excluding hydrogens is 464 g/mol. The second-order valence-electron chi connectivity index (χ2n) is 6.58. The molecule has 0 spiro atoms. The fourth-order valence-corrected chi connectivity index (χ4v) is 3.54. The molecule has 0 aliphatic heterocycles. The maximum atomic E-state index is 12.9. The van der Waals surface area contributed by atoms with E-state index in [-0.39, 0.29) is 37.2 Å². The third-order valence-electron chi connectivity index (χ3n) is 4.12. The number of rotatable bonds is 8. The van der Waals surface area contributed by atoms with Gasteiger partial charge in [0.15, 0.2) is 0 Å². The van der Waals surface area contributed by atoms with Crippen LogP contribution in [0.15, 0.2) is 47.8 Å². The summed E-state index contributed by atoms with van der Waals surface area (Å²) in [5, 5.41) is 5.84. The van der Waals surface area contributed by atoms with Crippen LogP contribution in [0.25, 0.3) is 0 Å². The Morgan fingerprint density at radius 2 is 1.90 bits per heavy atom. The highest BCUT2D eigenvalue weighted by Gasteiger charge is 2.16. The van der Waals surface area contributed by atoms with Gasteiger partial charge in [0.1, 0.15) is 23.2 Å². The van der Waals surface area contributed by atoms with Crippen LogP contribution in [-0.4, -0.2) is 35.3 Å². The van der Waals surface area contributed by atoms with Crippen LogP contribution in [0.5, 0.6) is 5.75 Å². The Morgan fingerprint density at radius 1 is 1.16 bits per heavy atom. The number of halogens is 3. The molecule has 0 aliphatic rings. The van der Waals surface area contributed by atoms with Crippen LogP contribution >= 0.6 is 34.5 Å². The lowest BCUT2D eigenvalue weighted by atomic mass is 10.3. The fraction of sp³-hybridized carbons (Fsp3) is 0.190. The smallest absolute Gasteiger partial charge is 0.243 e. The van der Waals surface area contributed by atoms with Crippen LogP contribution in [0.1, 0.15) is 10.7 Å². The number of benzene rings is 2. The lowest BCUT2D eigenvalue weighted by Crippen LogP contribution is -2.35. The summed E-state index contributed by atoms with van der Waals surface area (Å²) in [6.45, 7) is 0.0934. The molecule has 6 nitrogen and oxygen atoms in total. The molecule has 1 N–H and O–H groups in total. The number of nitrogens with one attached hydrogen (secondary N) is 1. The van der Waals surface area contributed by atoms with Gasteiger partial charge in [0.05, 0.1) is 28.7 Å². The SMILES string of the molecule is CN(CC(=O)Nc1ccc(Cl)c(Cl)c1)C(=O)Cc1csc(COc2ccc(F)cc2)n1. The number of likely N-dealkylation sites (N-methyl/N-ethyl adjacent to an activating group) is 1. The summed E-state index contributed by atoms with van der Waals surface area (Å²) >= 11 is 13.1. The molecule has 0 atom stereocenters. The first kappa shape index (κ1) is 23.0. The summed E-state index contributed by atoms with van der Waals surface area (Å²) in [6.07, 6.45) is 0.0591. The van der Waals surface area contributed by atoms with Crippen molar-refractivity contribution >= 4 is 52.0 Å². The normalized spacial score (nSPS) is 10.6. The number of ether oxygens (including phenoxy) is 1. The number of hydrogen-bond donors (Lipinski definition) is 1. The summed E-state index contributed by atoms with van der Waals surface area (Å²) in [5.74, 6) is -0.416. The minimum Gasteiger partial charge on any atom is -0.486 e. The van der Waals surface area contributed by atoms with Crippen LogP contribution in [0.3, 0.4) is 0 Å². The summed E-state index contributed by atoms with van der Waals surface area (Å²) in [4.78, 5) is 30.3. The minimum atomic E-state index is -0.360. The number of amides is 2. The monoisotopic (exact) mass is 481 g/mol. The Balaban J connectivity index is 1.47. The van der Waals surface area contributed by atoms with E-state index in [0.29, 0.717) is 32.2 Å². The van der Waals surface area contributed by atoms with E-state index in [4.69, 9.17) is 27.9 Å². The first-order valence-electron chi connectivity index (χ1n) is 9.10. The Bertz CT molecular complexity index is 1080. The van der Waals surface area contributed by atoms with Crippen molar-refractivity contribution in [3.63, 3.8) is 0 Å². The maximum absolute atomic E-state index is 12.9. The van der Waals surface area contributed by atoms with E-state index in [1.54, 1.807) is 24.6 Å². The molecule has 3 aromatic rings. The summed E-state index contributed by atoms with van der Waals surface area (Å²) in [7, 11) is 1.54. The van der Waals surface area contributed by atoms with Crippen LogP contribution in [-0.2, 0) is 22.6 Å². The van der Waals surface area contributed by atoms with E-state index < -0.39 is 0 Å². The van der Waals surface area contributed by atoms with E-state index in [9.17, 15) is 14.0 Å². The number of nitrogens with zero attached hydrogens (tertiary/aromatic N) is 2. The standard InChI is InChI=1S/C21H18Cl2FN3O3S/c1-27(10-19(28)25-14-4-7-17(22)18(23)8-14)21(29)9-15-12-31-20(26-15)11-30-16-5-2-13(24)3-6-16/h2-8,12H,9-11H2,1H3,(H,25,28). The van der Waals surface area contributed by atoms with Crippen LogP contribution in [0.2, 0.25) is 10.0 Å². The maximum Gasteiger partial charge on any atom is 0.243 e. The number of aromatic nitrogens is 1. The van der Waals surface area contributed by atoms with Crippen molar-refractivity contribution < 1.29 is 18.7 Å². The first-order valence-corrected chi connectivity index (χ1v) is 10.7. The van der Waals surface area contributed by atoms with E-state index in [1.807, 2.05) is 0 Å². The number of thiazole rings is 1. The molecule has 10 heteroatoms. The number of anilines is 1. The second-order valence-corrected chi connectivity index (χ2v) is 8.34. The van der Waals surface area contributed by atoms with Gasteiger partial charge in [0.2, 0.25) is 11.8 Å². The topological polar surface area (TPSA) is 71.5 Å². The highest BCUT2D eigenvalue weighted by atomic mass is 35.5. The zero-order valence-corrected chi connectivity index (χ0v) is 18.7. The largest absolute Gasteiger partial charge is 0.486 e. The molecule has 1 heterocycles. The molecule has 162 valence electrons. The first-order chi connectivity index (χ1) is 14.8. The van der Waals surface area contributed by atoms with Crippen LogP contribution < -0.4 is 10.1 Å².